The van der Waals surface area contributed by atoms with Crippen LogP contribution in [0.5, 0.6) is 11.5 Å². The lowest BCUT2D eigenvalue weighted by Gasteiger charge is -2.17. The molecule has 10 heteroatoms. The lowest BCUT2D eigenvalue weighted by atomic mass is 10.2. The standard InChI is InChI=1S/C23H28N4O5S/c1-5-27(6-2)33(29,30)19-14-20(26(3)15-19)23(28)25-18-7-8-21(31-4)22(13-18)32-16-17-9-11-24-12-10-17/h7-15H,5-6,16H2,1-4H3,(H,25,28). The molecular formula is C23H28N4O5S. The highest BCUT2D eigenvalue weighted by Crippen LogP contribution is 2.31. The summed E-state index contributed by atoms with van der Waals surface area (Å²) in [5.74, 6) is 0.543. The average molecular weight is 473 g/mol. The van der Waals surface area contributed by atoms with Crippen LogP contribution < -0.4 is 14.8 Å². The minimum absolute atomic E-state index is 0.0787. The molecule has 0 saturated heterocycles. The van der Waals surface area contributed by atoms with Gasteiger partial charge in [-0.3, -0.25) is 9.78 Å². The van der Waals surface area contributed by atoms with Gasteiger partial charge < -0.3 is 19.4 Å². The molecule has 0 fully saturated rings. The van der Waals surface area contributed by atoms with Crippen LogP contribution in [0.3, 0.4) is 0 Å². The number of methoxy groups -OCH3 is 1. The van der Waals surface area contributed by atoms with Gasteiger partial charge >= 0.3 is 0 Å². The summed E-state index contributed by atoms with van der Waals surface area (Å²) in [6.07, 6.45) is 4.81. The first-order valence-electron chi connectivity index (χ1n) is 10.5. The zero-order valence-electron chi connectivity index (χ0n) is 19.1. The van der Waals surface area contributed by atoms with Crippen molar-refractivity contribution in [3.05, 3.63) is 66.2 Å². The number of hydrogen-bond acceptors (Lipinski definition) is 6. The van der Waals surface area contributed by atoms with Gasteiger partial charge in [-0.15, -0.1) is 0 Å². The van der Waals surface area contributed by atoms with Gasteiger partial charge in [0, 0.05) is 50.5 Å². The van der Waals surface area contributed by atoms with E-state index in [4.69, 9.17) is 9.47 Å². The lowest BCUT2D eigenvalue weighted by molar-refractivity contribution is 0.101. The Hall–Kier alpha value is -3.37. The molecule has 0 bridgehead atoms. The Morgan fingerprint density at radius 2 is 1.79 bits per heavy atom. The van der Waals surface area contributed by atoms with Crippen molar-refractivity contribution in [2.75, 3.05) is 25.5 Å². The maximum atomic E-state index is 12.9. The number of nitrogens with one attached hydrogen (secondary N) is 1. The number of nitrogens with zero attached hydrogens (tertiary/aromatic N) is 3. The SMILES string of the molecule is CCN(CC)S(=O)(=O)c1cc(C(=O)Nc2ccc(OC)c(OCc3ccncc3)c2)n(C)c1. The second-order valence-corrected chi connectivity index (χ2v) is 9.16. The van der Waals surface area contributed by atoms with E-state index in [2.05, 4.69) is 10.3 Å². The topological polar surface area (TPSA) is 103 Å². The van der Waals surface area contributed by atoms with Crippen LogP contribution in [-0.2, 0) is 23.7 Å². The summed E-state index contributed by atoms with van der Waals surface area (Å²) in [7, 11) is -0.498. The second-order valence-electron chi connectivity index (χ2n) is 7.23. The van der Waals surface area contributed by atoms with Crippen LogP contribution in [-0.4, -0.2) is 48.4 Å². The number of amides is 1. The molecule has 2 heterocycles. The lowest BCUT2D eigenvalue weighted by Crippen LogP contribution is -2.30. The van der Waals surface area contributed by atoms with Crippen molar-refractivity contribution in [2.24, 2.45) is 7.05 Å². The molecule has 0 spiro atoms. The number of carbonyl (C=O) groups excluding carboxylic acids is 1. The molecule has 176 valence electrons. The Kier molecular flexibility index (Phi) is 7.72. The van der Waals surface area contributed by atoms with Gasteiger partial charge in [-0.1, -0.05) is 13.8 Å². The Morgan fingerprint density at radius 3 is 2.42 bits per heavy atom. The highest BCUT2D eigenvalue weighted by Gasteiger charge is 2.25. The molecule has 1 N–H and O–H groups in total. The highest BCUT2D eigenvalue weighted by atomic mass is 32.2. The van der Waals surface area contributed by atoms with Crippen molar-refractivity contribution < 1.29 is 22.7 Å². The molecule has 33 heavy (non-hydrogen) atoms. The first-order valence-corrected chi connectivity index (χ1v) is 11.9. The molecule has 0 radical (unpaired) electrons. The monoisotopic (exact) mass is 472 g/mol. The van der Waals surface area contributed by atoms with Crippen LogP contribution in [0.1, 0.15) is 29.9 Å². The van der Waals surface area contributed by atoms with Gasteiger partial charge in [0.25, 0.3) is 5.91 Å². The van der Waals surface area contributed by atoms with Crippen LogP contribution in [0.4, 0.5) is 5.69 Å². The Labute approximate surface area is 194 Å². The van der Waals surface area contributed by atoms with Crippen molar-refractivity contribution in [3.63, 3.8) is 0 Å². The maximum absolute atomic E-state index is 12.9. The van der Waals surface area contributed by atoms with Crippen LogP contribution >= 0.6 is 0 Å². The number of ether oxygens (including phenoxy) is 2. The summed E-state index contributed by atoms with van der Waals surface area (Å²) in [5.41, 5.74) is 1.64. The zero-order valence-corrected chi connectivity index (χ0v) is 19.9. The second kappa shape index (κ2) is 10.5. The van der Waals surface area contributed by atoms with Crippen LogP contribution in [0.2, 0.25) is 0 Å². The minimum Gasteiger partial charge on any atom is -0.493 e. The van der Waals surface area contributed by atoms with Crippen molar-refractivity contribution in [2.45, 2.75) is 25.3 Å². The maximum Gasteiger partial charge on any atom is 0.272 e. The molecule has 0 aliphatic rings. The first-order chi connectivity index (χ1) is 15.8. The molecule has 0 aliphatic carbocycles. The number of rotatable bonds is 10. The summed E-state index contributed by atoms with van der Waals surface area (Å²) in [6, 6.07) is 10.1. The summed E-state index contributed by atoms with van der Waals surface area (Å²) in [5, 5.41) is 2.80. The van der Waals surface area contributed by atoms with Crippen LogP contribution in [0.15, 0.2) is 59.9 Å². The summed E-state index contributed by atoms with van der Waals surface area (Å²) >= 11 is 0. The van der Waals surface area contributed by atoms with Gasteiger partial charge in [0.2, 0.25) is 10.0 Å². The van der Waals surface area contributed by atoms with E-state index in [1.165, 1.54) is 28.2 Å². The summed E-state index contributed by atoms with van der Waals surface area (Å²) in [6.45, 7) is 4.55. The molecule has 0 aliphatic heterocycles. The Balaban J connectivity index is 1.79. The van der Waals surface area contributed by atoms with E-state index < -0.39 is 15.9 Å². The van der Waals surface area contributed by atoms with E-state index >= 15 is 0 Å². The zero-order chi connectivity index (χ0) is 24.0. The van der Waals surface area contributed by atoms with E-state index in [9.17, 15) is 13.2 Å². The van der Waals surface area contributed by atoms with E-state index in [0.717, 1.165) is 5.56 Å². The number of carbonyl (C=O) groups is 1. The fourth-order valence-electron chi connectivity index (χ4n) is 3.32. The normalized spacial score (nSPS) is 11.4. The highest BCUT2D eigenvalue weighted by molar-refractivity contribution is 7.89. The molecule has 2 aromatic heterocycles. The van der Waals surface area contributed by atoms with Gasteiger partial charge in [-0.05, 0) is 35.9 Å². The minimum atomic E-state index is -3.67. The molecule has 1 amide bonds. The van der Waals surface area contributed by atoms with E-state index in [0.29, 0.717) is 36.9 Å². The third kappa shape index (κ3) is 5.52. The molecule has 1 aromatic carbocycles. The van der Waals surface area contributed by atoms with E-state index in [1.807, 2.05) is 12.1 Å². The largest absolute Gasteiger partial charge is 0.493 e. The number of benzene rings is 1. The molecule has 3 rings (SSSR count). The summed E-state index contributed by atoms with van der Waals surface area (Å²) < 4.78 is 39.7. The number of anilines is 1. The molecule has 0 atom stereocenters. The molecule has 0 saturated carbocycles. The first kappa shape index (κ1) is 24.3. The number of pyridine rings is 1. The quantitative estimate of drug-likeness (QED) is 0.486. The predicted octanol–water partition coefficient (Wildman–Crippen LogP) is 3.29. The number of aromatic nitrogens is 2. The van der Waals surface area contributed by atoms with Crippen molar-refractivity contribution in [1.82, 2.24) is 13.9 Å². The Morgan fingerprint density at radius 1 is 1.09 bits per heavy atom. The summed E-state index contributed by atoms with van der Waals surface area (Å²) in [4.78, 5) is 17.0. The van der Waals surface area contributed by atoms with Crippen molar-refractivity contribution in [3.8, 4) is 11.5 Å². The van der Waals surface area contributed by atoms with Crippen molar-refractivity contribution in [1.29, 1.82) is 0 Å². The smallest absolute Gasteiger partial charge is 0.272 e. The number of sulfonamides is 1. The fourth-order valence-corrected chi connectivity index (χ4v) is 4.85. The van der Waals surface area contributed by atoms with Gasteiger partial charge in [-0.2, -0.15) is 4.31 Å². The number of hydrogen-bond donors (Lipinski definition) is 1. The number of aryl methyl sites for hydroxylation is 1. The fraction of sp³-hybridized carbons (Fsp3) is 0.304. The third-order valence-corrected chi connectivity index (χ3v) is 7.14. The molecule has 9 nitrogen and oxygen atoms in total. The Bertz CT molecular complexity index is 1200. The van der Waals surface area contributed by atoms with Gasteiger partial charge in [-0.25, -0.2) is 8.42 Å². The van der Waals surface area contributed by atoms with Gasteiger partial charge in [0.1, 0.15) is 17.2 Å². The predicted molar refractivity (Wildman–Crippen MR) is 125 cm³/mol. The molecular weight excluding hydrogens is 444 g/mol. The molecule has 0 unspecified atom stereocenters. The van der Waals surface area contributed by atoms with Crippen LogP contribution in [0, 0.1) is 0 Å². The van der Waals surface area contributed by atoms with Crippen LogP contribution in [0.25, 0.3) is 0 Å². The molecule has 3 aromatic rings. The van der Waals surface area contributed by atoms with Gasteiger partial charge in [0.05, 0.1) is 7.11 Å². The average Bonchev–Trinajstić information content (AvgIpc) is 3.22. The van der Waals surface area contributed by atoms with Gasteiger partial charge in [0.15, 0.2) is 11.5 Å². The van der Waals surface area contributed by atoms with E-state index in [-0.39, 0.29) is 10.6 Å². The third-order valence-electron chi connectivity index (χ3n) is 5.12. The van der Waals surface area contributed by atoms with Crippen molar-refractivity contribution >= 4 is 21.6 Å². The van der Waals surface area contributed by atoms with E-state index in [1.54, 1.807) is 51.5 Å².